The van der Waals surface area contributed by atoms with Crippen LogP contribution in [-0.2, 0) is 20.8 Å². The van der Waals surface area contributed by atoms with Gasteiger partial charge in [-0.2, -0.15) is 0 Å². The summed E-state index contributed by atoms with van der Waals surface area (Å²) in [6.07, 6.45) is 0.873. The molecule has 2 aromatic carbocycles. The Morgan fingerprint density at radius 2 is 1.71 bits per heavy atom. The molecule has 154 valence electrons. The topological polar surface area (TPSA) is 107 Å². The van der Waals surface area contributed by atoms with Gasteiger partial charge in [-0.1, -0.05) is 42.5 Å². The van der Waals surface area contributed by atoms with Gasteiger partial charge in [0, 0.05) is 69.8 Å². The van der Waals surface area contributed by atoms with Gasteiger partial charge in [-0.05, 0) is 30.5 Å². The molecule has 0 aliphatic carbocycles. The van der Waals surface area contributed by atoms with E-state index < -0.39 is 36.5 Å². The molecule has 1 heterocycles. The Morgan fingerprint density at radius 1 is 1.06 bits per heavy atom. The fourth-order valence-electron chi connectivity index (χ4n) is 3.25. The van der Waals surface area contributed by atoms with Gasteiger partial charge in [0.15, 0.2) is 0 Å². The molecule has 3 N–H and O–H groups in total. The zero-order valence-electron chi connectivity index (χ0n) is 17.7. The summed E-state index contributed by atoms with van der Waals surface area (Å²) in [6, 6.07) is 14.9. The normalized spacial score (nSPS) is 16.2. The summed E-state index contributed by atoms with van der Waals surface area (Å²) < 4.78 is 0. The van der Waals surface area contributed by atoms with E-state index in [0.29, 0.717) is 24.3 Å². The fourth-order valence-corrected chi connectivity index (χ4v) is 4.33. The number of anilines is 1. The molecule has 1 amide bonds. The minimum Gasteiger partial charge on any atom is -0.480 e. The molecule has 0 bridgehead atoms. The number of carboxylic acid groups (broad SMARTS) is 2. The second-order valence-electron chi connectivity index (χ2n) is 6.73. The van der Waals surface area contributed by atoms with E-state index in [1.807, 2.05) is 42.5 Å². The number of hydrogen-bond acceptors (Lipinski definition) is 5. The Bertz CT molecular complexity index is 900. The van der Waals surface area contributed by atoms with Gasteiger partial charge in [0.2, 0.25) is 5.91 Å². The van der Waals surface area contributed by atoms with Crippen molar-refractivity contribution in [2.75, 3.05) is 17.2 Å². The number of thioether (sulfide) groups is 1. The number of nitrogens with zero attached hydrogens (tertiary/aromatic N) is 1. The number of amides is 1. The van der Waals surface area contributed by atoms with E-state index in [1.165, 1.54) is 16.7 Å². The number of carbonyl (C=O) groups excluding carboxylic acids is 1. The number of carboxylic acids is 2. The molecule has 31 heavy (non-hydrogen) atoms. The van der Waals surface area contributed by atoms with Gasteiger partial charge in [-0.25, -0.2) is 0 Å². The first-order valence-electron chi connectivity index (χ1n) is 9.23. The van der Waals surface area contributed by atoms with E-state index in [2.05, 4.69) is 5.32 Å². The number of carbonyl (C=O) groups is 3. The van der Waals surface area contributed by atoms with Crippen LogP contribution in [0, 0.1) is 0 Å². The average molecular weight is 460 g/mol. The molecule has 3 rings (SSSR count). The molecule has 0 saturated heterocycles. The number of para-hydroxylation sites is 1. The van der Waals surface area contributed by atoms with Gasteiger partial charge in [-0.3, -0.25) is 24.6 Å². The molecule has 0 saturated carbocycles. The van der Waals surface area contributed by atoms with Crippen LogP contribution in [0.3, 0.4) is 0 Å². The summed E-state index contributed by atoms with van der Waals surface area (Å²) in [5.41, 5.74) is 1.55. The summed E-state index contributed by atoms with van der Waals surface area (Å²) in [7, 11) is 0. The molecule has 2 radical (unpaired) electrons. The molecule has 2 atom stereocenters. The molecule has 1 aliphatic rings. The summed E-state index contributed by atoms with van der Waals surface area (Å²) >= 11 is 1.41. The molecule has 1 aliphatic heterocycles. The number of aryl methyl sites for hydroxylation is 1. The molecule has 0 unspecified atom stereocenters. The quantitative estimate of drug-likeness (QED) is 0.513. The van der Waals surface area contributed by atoms with Gasteiger partial charge in [0.05, 0.1) is 11.7 Å². The minimum atomic E-state index is -1.13. The number of rotatable bonds is 8. The van der Waals surface area contributed by atoms with Crippen molar-refractivity contribution in [1.82, 2.24) is 5.32 Å². The van der Waals surface area contributed by atoms with E-state index >= 15 is 0 Å². The molecule has 0 fully saturated rings. The van der Waals surface area contributed by atoms with Gasteiger partial charge < -0.3 is 10.2 Å². The number of hydrogen-bond donors (Lipinski definition) is 3. The third-order valence-corrected chi connectivity index (χ3v) is 5.84. The Morgan fingerprint density at radius 3 is 2.35 bits per heavy atom. The zero-order chi connectivity index (χ0) is 20.8. The molecule has 0 spiro atoms. The van der Waals surface area contributed by atoms with Crippen molar-refractivity contribution in [3.8, 4) is 0 Å². The predicted octanol–water partition coefficient (Wildman–Crippen LogP) is 1.49. The van der Waals surface area contributed by atoms with Crippen molar-refractivity contribution in [1.29, 1.82) is 0 Å². The van der Waals surface area contributed by atoms with Crippen LogP contribution in [0.1, 0.15) is 12.0 Å². The summed E-state index contributed by atoms with van der Waals surface area (Å²) in [6.45, 7) is -0.476. The van der Waals surface area contributed by atoms with Gasteiger partial charge in [0.1, 0.15) is 12.6 Å². The van der Waals surface area contributed by atoms with Gasteiger partial charge in [0.25, 0.3) is 0 Å². The van der Waals surface area contributed by atoms with E-state index in [0.717, 1.165) is 10.5 Å². The van der Waals surface area contributed by atoms with Crippen LogP contribution < -0.4 is 10.2 Å². The molecule has 2 aromatic rings. The maximum Gasteiger partial charge on any atom is 0.323 e. The summed E-state index contributed by atoms with van der Waals surface area (Å²) in [5, 5.41) is 21.8. The maximum atomic E-state index is 13.1. The number of aliphatic carboxylic acids is 2. The molecule has 7 nitrogen and oxygen atoms in total. The van der Waals surface area contributed by atoms with E-state index in [1.54, 1.807) is 12.1 Å². The summed E-state index contributed by atoms with van der Waals surface area (Å²) in [4.78, 5) is 38.2. The molecular weight excluding hydrogens is 438 g/mol. The summed E-state index contributed by atoms with van der Waals surface area (Å²) in [5.74, 6) is -2.28. The molecule has 10 heteroatoms. The van der Waals surface area contributed by atoms with Crippen molar-refractivity contribution in [2.24, 2.45) is 0 Å². The SMILES string of the molecule is O=C(O)CN1C(=O)[C@@H](N[C@H](CCc2ccccc2)C(=O)O)CSc2ccccc21.[Na].[Na]. The Kier molecular flexibility index (Phi) is 12.4. The second-order valence-corrected chi connectivity index (χ2v) is 7.79. The second kappa shape index (κ2) is 13.6. The number of benzene rings is 2. The van der Waals surface area contributed by atoms with Crippen LogP contribution >= 0.6 is 11.8 Å². The largest absolute Gasteiger partial charge is 0.480 e. The van der Waals surface area contributed by atoms with E-state index in [9.17, 15) is 24.6 Å². The minimum absolute atomic E-state index is 0. The average Bonchev–Trinajstić information content (AvgIpc) is 2.83. The third kappa shape index (κ3) is 7.91. The van der Waals surface area contributed by atoms with E-state index in [-0.39, 0.29) is 59.1 Å². The van der Waals surface area contributed by atoms with Crippen molar-refractivity contribution >= 4 is 94.4 Å². The monoisotopic (exact) mass is 460 g/mol. The zero-order valence-corrected chi connectivity index (χ0v) is 22.5. The Hall–Kier alpha value is -0.840. The van der Waals surface area contributed by atoms with E-state index in [4.69, 9.17) is 0 Å². The van der Waals surface area contributed by atoms with Gasteiger partial charge >= 0.3 is 11.9 Å². The van der Waals surface area contributed by atoms with Crippen LogP contribution in [-0.4, -0.2) is 112 Å². The van der Waals surface area contributed by atoms with Crippen LogP contribution in [0.15, 0.2) is 59.5 Å². The number of fused-ring (bicyclic) bond motifs is 1. The third-order valence-electron chi connectivity index (χ3n) is 4.68. The van der Waals surface area contributed by atoms with Gasteiger partial charge in [-0.15, -0.1) is 11.8 Å². The maximum absolute atomic E-state index is 13.1. The van der Waals surface area contributed by atoms with Crippen LogP contribution in [0.2, 0.25) is 0 Å². The van der Waals surface area contributed by atoms with Crippen molar-refractivity contribution in [2.45, 2.75) is 29.8 Å². The van der Waals surface area contributed by atoms with Crippen LogP contribution in [0.5, 0.6) is 0 Å². The first-order valence-corrected chi connectivity index (χ1v) is 10.2. The smallest absolute Gasteiger partial charge is 0.323 e. The fraction of sp³-hybridized carbons (Fsp3) is 0.286. The van der Waals surface area contributed by atoms with Crippen molar-refractivity contribution < 1.29 is 24.6 Å². The Balaban J connectivity index is 0.00000240. The number of nitrogens with one attached hydrogen (secondary N) is 1. The first kappa shape index (κ1) is 28.2. The van der Waals surface area contributed by atoms with Crippen LogP contribution in [0.4, 0.5) is 5.69 Å². The molecule has 0 aromatic heterocycles. The Labute approximate surface area is 229 Å². The van der Waals surface area contributed by atoms with Crippen LogP contribution in [0.25, 0.3) is 0 Å². The van der Waals surface area contributed by atoms with Crippen molar-refractivity contribution in [3.63, 3.8) is 0 Å². The molecular formula is C21H22N2Na2O5S. The first-order chi connectivity index (χ1) is 14.0. The predicted molar refractivity (Wildman–Crippen MR) is 122 cm³/mol. The van der Waals surface area contributed by atoms with Crippen molar-refractivity contribution in [3.05, 3.63) is 60.2 Å². The standard InChI is InChI=1S/C21H22N2O5S.2Na/c24-19(25)12-23-17-8-4-5-9-18(17)29-13-16(20(23)26)22-15(21(27)28)11-10-14-6-2-1-3-7-14;;/h1-9,15-16,22H,10-13H2,(H,24,25)(H,27,28);;/t15-,16+;;/m1../s1.